The summed E-state index contributed by atoms with van der Waals surface area (Å²) < 4.78 is 6.05. The second kappa shape index (κ2) is 9.02. The molecule has 0 unspecified atom stereocenters. The van der Waals surface area contributed by atoms with Crippen LogP contribution < -0.4 is 15.0 Å². The molecule has 2 N–H and O–H groups in total. The molecule has 1 aliphatic carbocycles. The number of piperidine rings is 1. The van der Waals surface area contributed by atoms with E-state index in [0.717, 1.165) is 55.3 Å². The van der Waals surface area contributed by atoms with E-state index in [0.29, 0.717) is 39.4 Å². The Morgan fingerprint density at radius 2 is 2.00 bits per heavy atom. The van der Waals surface area contributed by atoms with Gasteiger partial charge in [-0.25, -0.2) is 4.98 Å². The molecule has 1 aromatic carbocycles. The van der Waals surface area contributed by atoms with Crippen LogP contribution in [0.15, 0.2) is 24.3 Å². The molecule has 0 amide bonds. The number of nitrogens with one attached hydrogen (secondary N) is 2. The second-order valence-electron chi connectivity index (χ2n) is 8.36. The van der Waals surface area contributed by atoms with Gasteiger partial charge in [-0.05, 0) is 55.9 Å². The number of rotatable bonds is 7. The fourth-order valence-corrected chi connectivity index (χ4v) is 4.72. The highest BCUT2D eigenvalue weighted by Crippen LogP contribution is 2.36. The van der Waals surface area contributed by atoms with E-state index in [1.165, 1.54) is 12.8 Å². The lowest BCUT2D eigenvalue weighted by Gasteiger charge is -2.33. The summed E-state index contributed by atoms with van der Waals surface area (Å²) >= 11 is 18.7. The molecular formula is C22H24Cl3N5O. The number of imidazole rings is 1. The van der Waals surface area contributed by atoms with Crippen molar-refractivity contribution in [1.82, 2.24) is 20.3 Å². The number of pyridine rings is 1. The maximum Gasteiger partial charge on any atom is 0.205 e. The molecule has 2 fully saturated rings. The number of fused-ring (bicyclic) bond motifs is 1. The summed E-state index contributed by atoms with van der Waals surface area (Å²) in [6, 6.07) is 7.68. The number of benzene rings is 1. The van der Waals surface area contributed by atoms with Crippen LogP contribution in [0.25, 0.3) is 11.2 Å². The van der Waals surface area contributed by atoms with Crippen molar-refractivity contribution in [2.24, 2.45) is 5.92 Å². The lowest BCUT2D eigenvalue weighted by molar-refractivity contribution is 0.295. The average molecular weight is 481 g/mol. The lowest BCUT2D eigenvalue weighted by Crippen LogP contribution is -2.46. The molecule has 2 aromatic heterocycles. The van der Waals surface area contributed by atoms with Gasteiger partial charge in [0, 0.05) is 36.3 Å². The Morgan fingerprint density at radius 1 is 1.13 bits per heavy atom. The molecule has 6 nitrogen and oxygen atoms in total. The number of anilines is 1. The molecule has 3 heterocycles. The van der Waals surface area contributed by atoms with E-state index in [9.17, 15) is 0 Å². The van der Waals surface area contributed by atoms with E-state index in [-0.39, 0.29) is 0 Å². The standard InChI is InChI=1S/C22H24Cl3N5O/c23-15-8-14(20(17(24)9-15)31-12-13-3-4-13)10-26-16-2-1-7-30(11-16)22-27-18-5-6-19(25)28-21(18)29-22/h5-6,8-9,13,16,26H,1-4,7,10-12H2,(H,27,28,29)/t16-/m0/s1. The Kier molecular flexibility index (Phi) is 6.15. The van der Waals surface area contributed by atoms with E-state index < -0.39 is 0 Å². The third-order valence-corrected chi connectivity index (χ3v) is 6.56. The Balaban J connectivity index is 1.26. The first-order valence-corrected chi connectivity index (χ1v) is 11.8. The number of hydrogen-bond donors (Lipinski definition) is 2. The highest BCUT2D eigenvalue weighted by atomic mass is 35.5. The zero-order valence-electron chi connectivity index (χ0n) is 17.0. The molecule has 0 spiro atoms. The van der Waals surface area contributed by atoms with Crippen molar-refractivity contribution >= 4 is 51.9 Å². The maximum atomic E-state index is 6.44. The van der Waals surface area contributed by atoms with Gasteiger partial charge in [0.1, 0.15) is 10.9 Å². The van der Waals surface area contributed by atoms with Gasteiger partial charge in [0.2, 0.25) is 5.95 Å². The quantitative estimate of drug-likeness (QED) is 0.439. The molecule has 1 aliphatic heterocycles. The van der Waals surface area contributed by atoms with Crippen LogP contribution in [-0.2, 0) is 6.54 Å². The number of hydrogen-bond acceptors (Lipinski definition) is 5. The van der Waals surface area contributed by atoms with Gasteiger partial charge in [-0.3, -0.25) is 0 Å². The Morgan fingerprint density at radius 3 is 2.84 bits per heavy atom. The largest absolute Gasteiger partial charge is 0.491 e. The van der Waals surface area contributed by atoms with Crippen LogP contribution in [0, 0.1) is 5.92 Å². The van der Waals surface area contributed by atoms with Gasteiger partial charge in [0.15, 0.2) is 5.65 Å². The van der Waals surface area contributed by atoms with Crippen LogP contribution in [0.4, 0.5) is 5.95 Å². The van der Waals surface area contributed by atoms with E-state index >= 15 is 0 Å². The third kappa shape index (κ3) is 5.03. The second-order valence-corrected chi connectivity index (χ2v) is 9.59. The molecular weight excluding hydrogens is 457 g/mol. The maximum absolute atomic E-state index is 6.44. The van der Waals surface area contributed by atoms with Gasteiger partial charge < -0.3 is 19.9 Å². The summed E-state index contributed by atoms with van der Waals surface area (Å²) in [5.41, 5.74) is 2.53. The van der Waals surface area contributed by atoms with Crippen LogP contribution in [0.3, 0.4) is 0 Å². The van der Waals surface area contributed by atoms with Crippen molar-refractivity contribution in [3.05, 3.63) is 45.0 Å². The smallest absolute Gasteiger partial charge is 0.205 e. The van der Waals surface area contributed by atoms with Gasteiger partial charge in [-0.15, -0.1) is 0 Å². The van der Waals surface area contributed by atoms with Crippen LogP contribution in [0.2, 0.25) is 15.2 Å². The van der Waals surface area contributed by atoms with Crippen molar-refractivity contribution < 1.29 is 4.74 Å². The van der Waals surface area contributed by atoms with Crippen molar-refractivity contribution in [3.63, 3.8) is 0 Å². The van der Waals surface area contributed by atoms with Crippen LogP contribution >= 0.6 is 34.8 Å². The summed E-state index contributed by atoms with van der Waals surface area (Å²) in [7, 11) is 0. The predicted octanol–water partition coefficient (Wildman–Crippen LogP) is 5.47. The first-order chi connectivity index (χ1) is 15.0. The summed E-state index contributed by atoms with van der Waals surface area (Å²) in [5, 5.41) is 5.31. The molecule has 164 valence electrons. The third-order valence-electron chi connectivity index (χ3n) is 5.85. The average Bonchev–Trinajstić information content (AvgIpc) is 3.48. The van der Waals surface area contributed by atoms with Gasteiger partial charge in [-0.1, -0.05) is 34.8 Å². The SMILES string of the molecule is Clc1cc(Cl)c(OCC2CC2)c(CN[C@H]2CCCN(c3nc4nc(Cl)ccc4[nH]3)C2)c1. The van der Waals surface area contributed by atoms with E-state index in [2.05, 4.69) is 25.2 Å². The molecule has 0 bridgehead atoms. The first-order valence-electron chi connectivity index (χ1n) is 10.7. The van der Waals surface area contributed by atoms with Crippen LogP contribution in [0.5, 0.6) is 5.75 Å². The highest BCUT2D eigenvalue weighted by Gasteiger charge is 2.25. The Hall–Kier alpha value is -1.73. The minimum atomic E-state index is 0.313. The number of H-pyrrole nitrogens is 1. The van der Waals surface area contributed by atoms with E-state index in [4.69, 9.17) is 39.5 Å². The molecule has 1 atom stereocenters. The Bertz CT molecular complexity index is 1080. The number of nitrogens with zero attached hydrogens (tertiary/aromatic N) is 3. The van der Waals surface area contributed by atoms with Gasteiger partial charge >= 0.3 is 0 Å². The summed E-state index contributed by atoms with van der Waals surface area (Å²) in [6.07, 6.45) is 4.64. The van der Waals surface area contributed by atoms with Crippen molar-refractivity contribution in [2.45, 2.75) is 38.3 Å². The van der Waals surface area contributed by atoms with Crippen LogP contribution in [-0.4, -0.2) is 40.7 Å². The van der Waals surface area contributed by atoms with Crippen LogP contribution in [0.1, 0.15) is 31.2 Å². The number of aromatic amines is 1. The van der Waals surface area contributed by atoms with E-state index in [1.807, 2.05) is 12.1 Å². The molecule has 0 radical (unpaired) electrons. The number of halogens is 3. The zero-order chi connectivity index (χ0) is 21.4. The van der Waals surface area contributed by atoms with Gasteiger partial charge in [0.25, 0.3) is 0 Å². The predicted molar refractivity (Wildman–Crippen MR) is 126 cm³/mol. The molecule has 1 saturated carbocycles. The number of ether oxygens (including phenoxy) is 1. The van der Waals surface area contributed by atoms with Crippen molar-refractivity contribution in [1.29, 1.82) is 0 Å². The van der Waals surface area contributed by atoms with Gasteiger partial charge in [-0.2, -0.15) is 4.98 Å². The topological polar surface area (TPSA) is 66.1 Å². The molecule has 1 saturated heterocycles. The summed E-state index contributed by atoms with van der Waals surface area (Å²) in [6.45, 7) is 3.16. The lowest BCUT2D eigenvalue weighted by atomic mass is 10.1. The number of aromatic nitrogens is 3. The first kappa shape index (κ1) is 21.1. The minimum Gasteiger partial charge on any atom is -0.491 e. The molecule has 3 aromatic rings. The fraction of sp³-hybridized carbons (Fsp3) is 0.455. The highest BCUT2D eigenvalue weighted by molar-refractivity contribution is 6.35. The van der Waals surface area contributed by atoms with Crippen molar-refractivity contribution in [2.75, 3.05) is 24.6 Å². The Labute approximate surface area is 196 Å². The zero-order valence-corrected chi connectivity index (χ0v) is 19.3. The van der Waals surface area contributed by atoms with Crippen molar-refractivity contribution in [3.8, 4) is 5.75 Å². The molecule has 31 heavy (non-hydrogen) atoms. The van der Waals surface area contributed by atoms with Gasteiger partial charge in [0.05, 0.1) is 17.1 Å². The minimum absolute atomic E-state index is 0.313. The monoisotopic (exact) mass is 479 g/mol. The molecule has 5 rings (SSSR count). The molecule has 9 heteroatoms. The summed E-state index contributed by atoms with van der Waals surface area (Å²) in [4.78, 5) is 14.5. The fourth-order valence-electron chi connectivity index (χ4n) is 3.99. The van der Waals surface area contributed by atoms with E-state index in [1.54, 1.807) is 12.1 Å². The molecule has 2 aliphatic rings. The summed E-state index contributed by atoms with van der Waals surface area (Å²) in [5.74, 6) is 2.24. The normalized spacial score (nSPS) is 19.2.